The van der Waals surface area contributed by atoms with Gasteiger partial charge in [0.2, 0.25) is 35.4 Å². The third-order valence-corrected chi connectivity index (χ3v) is 8.48. The molecule has 4 amide bonds. The summed E-state index contributed by atoms with van der Waals surface area (Å²) in [6.07, 6.45) is 2.91. The van der Waals surface area contributed by atoms with E-state index in [1.54, 1.807) is 7.05 Å². The van der Waals surface area contributed by atoms with E-state index in [1.807, 2.05) is 0 Å². The van der Waals surface area contributed by atoms with Crippen molar-refractivity contribution < 1.29 is 43.7 Å². The van der Waals surface area contributed by atoms with Crippen molar-refractivity contribution in [2.75, 3.05) is 35.6 Å². The maximum atomic E-state index is 13.2. The Morgan fingerprint density at radius 1 is 1.33 bits per heavy atom. The minimum absolute atomic E-state index is 0.0107. The molecule has 2 fully saturated rings. The number of aromatic nitrogens is 4. The molecule has 22 heteroatoms. The van der Waals surface area contributed by atoms with Crippen molar-refractivity contribution in [2.24, 2.45) is 17.9 Å². The monoisotopic (exact) mass is 666 g/mol. The molecule has 4 heterocycles. The Balaban J connectivity index is 1.54. The molecule has 0 aromatic carbocycles. The second-order valence-corrected chi connectivity index (χ2v) is 12.0. The average Bonchev–Trinajstić information content (AvgIpc) is 3.52. The summed E-state index contributed by atoms with van der Waals surface area (Å²) in [7, 11) is 1.58. The van der Waals surface area contributed by atoms with Gasteiger partial charge in [0, 0.05) is 35.9 Å². The first-order chi connectivity index (χ1) is 21.2. The normalized spacial score (nSPS) is 20.7. The lowest BCUT2D eigenvalue weighted by Crippen LogP contribution is -2.76. The zero-order valence-corrected chi connectivity index (χ0v) is 25.7. The van der Waals surface area contributed by atoms with E-state index in [2.05, 4.69) is 30.5 Å². The Morgan fingerprint density at radius 3 is 2.64 bits per heavy atom. The number of carbonyl (C=O) groups is 5. The SMILES string of the molecule is Cn1c(N)c(NC(=O)NCCN)c[n+]1/C=C1\CS[C@@H]2[C@H](NC(=O)/C(=N\OC(C)(C)C(=O)O)c3nsc(N)n3)C(=O)N2[C@H]1C(=O)[O-]. The van der Waals surface area contributed by atoms with Gasteiger partial charge in [-0.1, -0.05) is 9.84 Å². The highest BCUT2D eigenvalue weighted by Crippen LogP contribution is 2.40. The minimum Gasteiger partial charge on any atom is -0.548 e. The number of nitrogens with one attached hydrogen (secondary N) is 3. The van der Waals surface area contributed by atoms with E-state index in [-0.39, 0.29) is 46.9 Å². The molecule has 2 aliphatic heterocycles. The van der Waals surface area contributed by atoms with Gasteiger partial charge in [0.15, 0.2) is 16.6 Å². The van der Waals surface area contributed by atoms with Crippen LogP contribution in [0.4, 0.5) is 21.4 Å². The summed E-state index contributed by atoms with van der Waals surface area (Å²) in [6, 6.07) is -3.21. The highest BCUT2D eigenvalue weighted by Gasteiger charge is 2.55. The first-order valence-electron chi connectivity index (χ1n) is 13.0. The van der Waals surface area contributed by atoms with E-state index in [1.165, 1.54) is 47.4 Å². The smallest absolute Gasteiger partial charge is 0.350 e. The van der Waals surface area contributed by atoms with E-state index in [0.29, 0.717) is 0 Å². The van der Waals surface area contributed by atoms with Crippen molar-refractivity contribution in [1.29, 1.82) is 0 Å². The summed E-state index contributed by atoms with van der Waals surface area (Å²) in [5, 5.41) is 32.0. The van der Waals surface area contributed by atoms with Crippen LogP contribution in [0.15, 0.2) is 16.9 Å². The Morgan fingerprint density at radius 2 is 2.04 bits per heavy atom. The topological polar surface area (TPSA) is 302 Å². The first kappa shape index (κ1) is 32.9. The minimum atomic E-state index is -1.82. The zero-order chi connectivity index (χ0) is 33.2. The second kappa shape index (κ2) is 13.0. The summed E-state index contributed by atoms with van der Waals surface area (Å²) in [5.74, 6) is -4.63. The molecule has 45 heavy (non-hydrogen) atoms. The quantitative estimate of drug-likeness (QED) is 0.0521. The summed E-state index contributed by atoms with van der Waals surface area (Å²) < 4.78 is 6.80. The second-order valence-electron chi connectivity index (χ2n) is 10.1. The molecule has 0 aliphatic carbocycles. The molecular weight excluding hydrogens is 636 g/mol. The average molecular weight is 667 g/mol. The molecule has 0 unspecified atom stereocenters. The number of urea groups is 1. The number of carboxylic acids is 2. The van der Waals surface area contributed by atoms with E-state index < -0.39 is 58.6 Å². The van der Waals surface area contributed by atoms with Crippen molar-refractivity contribution in [2.45, 2.75) is 36.9 Å². The maximum Gasteiger partial charge on any atom is 0.350 e. The van der Waals surface area contributed by atoms with Gasteiger partial charge in [-0.25, -0.2) is 9.59 Å². The number of aliphatic carboxylic acids is 2. The molecule has 0 saturated carbocycles. The number of rotatable bonds is 11. The molecule has 20 nitrogen and oxygen atoms in total. The van der Waals surface area contributed by atoms with Gasteiger partial charge in [-0.05, 0) is 13.8 Å². The van der Waals surface area contributed by atoms with E-state index in [9.17, 15) is 34.2 Å². The number of hydrogen-bond donors (Lipinski definition) is 7. The van der Waals surface area contributed by atoms with Crippen LogP contribution in [0.25, 0.3) is 6.20 Å². The first-order valence-corrected chi connectivity index (χ1v) is 14.8. The van der Waals surface area contributed by atoms with Crippen LogP contribution in [0.1, 0.15) is 19.7 Å². The Hall–Kier alpha value is -4.96. The molecule has 2 aromatic rings. The van der Waals surface area contributed by atoms with Gasteiger partial charge in [0.05, 0.1) is 13.0 Å². The van der Waals surface area contributed by atoms with Gasteiger partial charge in [0.1, 0.15) is 17.5 Å². The predicted molar refractivity (Wildman–Crippen MR) is 158 cm³/mol. The number of β-lactam (4-membered cyclic amide) rings is 1. The summed E-state index contributed by atoms with van der Waals surface area (Å²) in [4.78, 5) is 72.2. The van der Waals surface area contributed by atoms with Gasteiger partial charge in [-0.15, -0.1) is 16.4 Å². The molecule has 2 aliphatic rings. The standard InChI is InChI=1S/C23H30N12O8S2/c1-23(2,20(40)41)43-31-11(15-30-21(26)45-32-15)16(36)29-12-17(37)35-13(19(38)39)9(8-44-18(12)35)6-34-7-10(14(25)33(34)3)28-22(42)27-5-4-24/h6-7,12-13,18,25H,4-5,8,24H2,1-3H3,(H7,26,27,28,29,30,32,36,38,39,40,41,42)/b9-6+,31-11-/t12-,13-,18-/m1/s1. The number of oxime groups is 1. The van der Waals surface area contributed by atoms with Crippen LogP contribution in [0.2, 0.25) is 0 Å². The van der Waals surface area contributed by atoms with Crippen LogP contribution in [0, 0.1) is 0 Å². The van der Waals surface area contributed by atoms with Gasteiger partial charge in [0.25, 0.3) is 5.91 Å². The number of nitrogens with zero attached hydrogens (tertiary/aromatic N) is 6. The third-order valence-electron chi connectivity index (χ3n) is 6.60. The maximum absolute atomic E-state index is 13.2. The van der Waals surface area contributed by atoms with Crippen molar-refractivity contribution in [1.82, 2.24) is 29.6 Å². The van der Waals surface area contributed by atoms with Crippen LogP contribution in [-0.4, -0.2) is 101 Å². The van der Waals surface area contributed by atoms with Crippen molar-refractivity contribution in [3.05, 3.63) is 17.6 Å². The number of hydrogen-bond acceptors (Lipinski definition) is 15. The molecule has 2 aromatic heterocycles. The predicted octanol–water partition coefficient (Wildman–Crippen LogP) is -3.95. The third kappa shape index (κ3) is 6.76. The molecule has 3 atom stereocenters. The van der Waals surface area contributed by atoms with Crippen molar-refractivity contribution in [3.63, 3.8) is 0 Å². The summed E-state index contributed by atoms with van der Waals surface area (Å²) in [6.45, 7) is 2.88. The van der Waals surface area contributed by atoms with E-state index in [0.717, 1.165) is 16.4 Å². The van der Waals surface area contributed by atoms with Crippen LogP contribution in [-0.2, 0) is 31.1 Å². The fourth-order valence-corrected chi connectivity index (χ4v) is 5.93. The molecular formula is C23H30N12O8S2. The molecule has 10 N–H and O–H groups in total. The Bertz CT molecular complexity index is 1600. The summed E-state index contributed by atoms with van der Waals surface area (Å²) >= 11 is 1.92. The lowest BCUT2D eigenvalue weighted by atomic mass is 9.98. The number of nitrogen functional groups attached to an aromatic ring is 2. The lowest BCUT2D eigenvalue weighted by molar-refractivity contribution is -0.656. The molecule has 2 saturated heterocycles. The van der Waals surface area contributed by atoms with Crippen molar-refractivity contribution in [3.8, 4) is 0 Å². The highest BCUT2D eigenvalue weighted by molar-refractivity contribution is 8.00. The largest absolute Gasteiger partial charge is 0.548 e. The summed E-state index contributed by atoms with van der Waals surface area (Å²) in [5.41, 5.74) is 15.3. The number of anilines is 3. The van der Waals surface area contributed by atoms with Gasteiger partial charge in [-0.3, -0.25) is 14.9 Å². The number of amides is 4. The van der Waals surface area contributed by atoms with Gasteiger partial charge in [-0.2, -0.15) is 9.36 Å². The molecule has 0 bridgehead atoms. The fourth-order valence-electron chi connectivity index (χ4n) is 4.13. The molecule has 0 spiro atoms. The Labute approximate surface area is 262 Å². The number of carboxylic acid groups (broad SMARTS) is 2. The van der Waals surface area contributed by atoms with Crippen molar-refractivity contribution >= 4 is 81.6 Å². The van der Waals surface area contributed by atoms with Crippen LogP contribution in [0.5, 0.6) is 0 Å². The lowest BCUT2D eigenvalue weighted by Gasteiger charge is -2.53. The van der Waals surface area contributed by atoms with Crippen LogP contribution < -0.4 is 42.9 Å². The van der Waals surface area contributed by atoms with Crippen LogP contribution in [0.3, 0.4) is 0 Å². The van der Waals surface area contributed by atoms with Crippen LogP contribution >= 0.6 is 23.3 Å². The van der Waals surface area contributed by atoms with E-state index >= 15 is 0 Å². The fraction of sp³-hybridized carbons (Fsp3) is 0.435. The molecule has 4 rings (SSSR count). The number of nitrogens with two attached hydrogens (primary N) is 3. The molecule has 242 valence electrons. The highest BCUT2D eigenvalue weighted by atomic mass is 32.2. The van der Waals surface area contributed by atoms with E-state index in [4.69, 9.17) is 22.0 Å². The molecule has 0 radical (unpaired) electrons. The zero-order valence-electron chi connectivity index (χ0n) is 24.0. The number of fused-ring (bicyclic) bond motifs is 1. The Kier molecular flexibility index (Phi) is 9.48. The number of carbonyl (C=O) groups excluding carboxylic acids is 4. The van der Waals surface area contributed by atoms with Gasteiger partial charge < -0.3 is 52.6 Å². The number of thioether (sulfide) groups is 1. The van der Waals surface area contributed by atoms with Gasteiger partial charge >= 0.3 is 12.0 Å².